The molecule has 88 valence electrons. The molecule has 0 radical (unpaired) electrons. The molecule has 3 saturated carbocycles. The van der Waals surface area contributed by atoms with Gasteiger partial charge in [0.05, 0.1) is 0 Å². The molecule has 0 aliphatic heterocycles. The number of fused-ring (bicyclic) bond motifs is 6. The fraction of sp³-hybridized carbons (Fsp3) is 0.857. The third-order valence-corrected chi connectivity index (χ3v) is 6.69. The van der Waals surface area contributed by atoms with Gasteiger partial charge in [-0.3, -0.25) is 9.59 Å². The molecule has 3 aliphatic rings. The van der Waals surface area contributed by atoms with Crippen molar-refractivity contribution in [2.75, 3.05) is 0 Å². The average Bonchev–Trinajstić information content (AvgIpc) is 2.61. The molecule has 3 fully saturated rings. The van der Waals surface area contributed by atoms with Crippen LogP contribution < -0.4 is 0 Å². The van der Waals surface area contributed by atoms with Crippen molar-refractivity contribution in [3.63, 3.8) is 0 Å². The van der Waals surface area contributed by atoms with E-state index in [1.54, 1.807) is 0 Å². The fourth-order valence-corrected chi connectivity index (χ4v) is 4.78. The molecule has 4 atom stereocenters. The Morgan fingerprint density at radius 3 is 1.00 bits per heavy atom. The molecule has 2 heteroatoms. The molecule has 0 unspecified atom stereocenters. The van der Waals surface area contributed by atoms with Gasteiger partial charge < -0.3 is 0 Å². The topological polar surface area (TPSA) is 34.1 Å². The molecule has 0 N–H and O–H groups in total. The molecule has 0 aromatic heterocycles. The molecule has 2 nitrogen and oxygen atoms in total. The summed E-state index contributed by atoms with van der Waals surface area (Å²) in [5.74, 6) is 0.726. The van der Waals surface area contributed by atoms with Crippen LogP contribution in [0.3, 0.4) is 0 Å². The maximum Gasteiger partial charge on any atom is 0.146 e. The maximum atomic E-state index is 12.7. The van der Waals surface area contributed by atoms with Crippen LogP contribution >= 0.6 is 0 Å². The van der Waals surface area contributed by atoms with Gasteiger partial charge in [0.15, 0.2) is 0 Å². The minimum atomic E-state index is -0.380. The molecule has 4 bridgehead atoms. The lowest BCUT2D eigenvalue weighted by Gasteiger charge is -2.49. The molecule has 16 heavy (non-hydrogen) atoms. The lowest BCUT2D eigenvalue weighted by atomic mass is 9.51. The Labute approximate surface area is 96.8 Å². The van der Waals surface area contributed by atoms with Crippen molar-refractivity contribution in [1.29, 1.82) is 0 Å². The van der Waals surface area contributed by atoms with Crippen LogP contribution in [0.25, 0.3) is 0 Å². The quantitative estimate of drug-likeness (QED) is 0.629. The van der Waals surface area contributed by atoms with Crippen molar-refractivity contribution in [1.82, 2.24) is 0 Å². The van der Waals surface area contributed by atoms with Crippen LogP contribution in [-0.2, 0) is 9.59 Å². The van der Waals surface area contributed by atoms with Gasteiger partial charge in [-0.1, -0.05) is 27.7 Å². The van der Waals surface area contributed by atoms with E-state index in [4.69, 9.17) is 0 Å². The lowest BCUT2D eigenvalue weighted by molar-refractivity contribution is -0.164. The second kappa shape index (κ2) is 2.30. The van der Waals surface area contributed by atoms with E-state index in [1.807, 2.05) is 27.7 Å². The summed E-state index contributed by atoms with van der Waals surface area (Å²) in [6, 6.07) is 0. The first-order chi connectivity index (χ1) is 7.22. The standard InChI is InChI=1S/C14H20O2/c1-11-5-6-13(3,9(11)15)14(4)8-7-12(11,2)10(14)16/h5-8H2,1-4H3/t11-,12-,13+,14+. The molecule has 0 spiro atoms. The zero-order valence-corrected chi connectivity index (χ0v) is 10.6. The molecule has 0 amide bonds. The molecule has 0 heterocycles. The highest BCUT2D eigenvalue weighted by Crippen LogP contribution is 2.74. The van der Waals surface area contributed by atoms with Crippen molar-refractivity contribution in [3.8, 4) is 0 Å². The highest BCUT2D eigenvalue weighted by molar-refractivity contribution is 6.10. The van der Waals surface area contributed by atoms with E-state index in [1.165, 1.54) is 0 Å². The van der Waals surface area contributed by atoms with Crippen LogP contribution in [0.1, 0.15) is 53.4 Å². The van der Waals surface area contributed by atoms with Crippen molar-refractivity contribution in [3.05, 3.63) is 0 Å². The summed E-state index contributed by atoms with van der Waals surface area (Å²) in [7, 11) is 0. The molecular weight excluding hydrogens is 200 g/mol. The summed E-state index contributed by atoms with van der Waals surface area (Å²) in [4.78, 5) is 25.4. The van der Waals surface area contributed by atoms with Crippen LogP contribution in [0.5, 0.6) is 0 Å². The summed E-state index contributed by atoms with van der Waals surface area (Å²) in [5.41, 5.74) is -1.52. The predicted molar refractivity (Wildman–Crippen MR) is 60.9 cm³/mol. The number of rotatable bonds is 0. The van der Waals surface area contributed by atoms with E-state index in [9.17, 15) is 9.59 Å². The van der Waals surface area contributed by atoms with E-state index < -0.39 is 0 Å². The van der Waals surface area contributed by atoms with E-state index in [0.29, 0.717) is 11.6 Å². The first-order valence-corrected chi connectivity index (χ1v) is 6.32. The van der Waals surface area contributed by atoms with Crippen LogP contribution in [0.4, 0.5) is 0 Å². The van der Waals surface area contributed by atoms with Gasteiger partial charge in [0.2, 0.25) is 0 Å². The van der Waals surface area contributed by atoms with Gasteiger partial charge in [-0.2, -0.15) is 0 Å². The highest BCUT2D eigenvalue weighted by atomic mass is 16.2. The summed E-state index contributed by atoms with van der Waals surface area (Å²) in [6.07, 6.45) is 3.61. The Balaban J connectivity index is 2.33. The number of carbonyl (C=O) groups excluding carboxylic acids is 2. The van der Waals surface area contributed by atoms with Crippen molar-refractivity contribution in [2.24, 2.45) is 21.7 Å². The highest BCUT2D eigenvalue weighted by Gasteiger charge is 2.77. The second-order valence-corrected chi connectivity index (χ2v) is 6.99. The number of ketones is 2. The zero-order valence-electron chi connectivity index (χ0n) is 10.6. The third kappa shape index (κ3) is 0.663. The van der Waals surface area contributed by atoms with Gasteiger partial charge in [-0.15, -0.1) is 0 Å². The normalized spacial score (nSPS) is 59.5. The Kier molecular flexibility index (Phi) is 1.51. The minimum Gasteiger partial charge on any atom is -0.298 e. The van der Waals surface area contributed by atoms with Gasteiger partial charge >= 0.3 is 0 Å². The monoisotopic (exact) mass is 220 g/mol. The number of Topliss-reactive ketones (excluding diaryl/α,β-unsaturated/α-hetero) is 2. The molecule has 3 aliphatic carbocycles. The van der Waals surface area contributed by atoms with Gasteiger partial charge in [-0.25, -0.2) is 0 Å². The van der Waals surface area contributed by atoms with E-state index in [-0.39, 0.29) is 21.7 Å². The molecule has 3 rings (SSSR count). The van der Waals surface area contributed by atoms with Crippen LogP contribution in [-0.4, -0.2) is 11.6 Å². The smallest absolute Gasteiger partial charge is 0.146 e. The van der Waals surface area contributed by atoms with Gasteiger partial charge in [-0.05, 0) is 25.7 Å². The van der Waals surface area contributed by atoms with E-state index >= 15 is 0 Å². The summed E-state index contributed by atoms with van der Waals surface area (Å²) in [5, 5.41) is 0. The average molecular weight is 220 g/mol. The van der Waals surface area contributed by atoms with Gasteiger partial charge in [0.25, 0.3) is 0 Å². The SMILES string of the molecule is C[C@]12CC[C@](C)(C1=O)[C@]1(C)CC[C@@]2(C)C1=O. The molecular formula is C14H20O2. The summed E-state index contributed by atoms with van der Waals surface area (Å²) >= 11 is 0. The molecule has 0 aromatic carbocycles. The van der Waals surface area contributed by atoms with Crippen LogP contribution in [0.2, 0.25) is 0 Å². The zero-order chi connectivity index (χ0) is 12.0. The van der Waals surface area contributed by atoms with Crippen LogP contribution in [0.15, 0.2) is 0 Å². The minimum absolute atomic E-state index is 0.363. The Hall–Kier alpha value is -0.660. The summed E-state index contributed by atoms with van der Waals surface area (Å²) in [6.45, 7) is 8.12. The van der Waals surface area contributed by atoms with Gasteiger partial charge in [0.1, 0.15) is 11.6 Å². The fourth-order valence-electron chi connectivity index (χ4n) is 4.78. The second-order valence-electron chi connectivity index (χ2n) is 6.99. The first-order valence-electron chi connectivity index (χ1n) is 6.32. The third-order valence-electron chi connectivity index (χ3n) is 6.69. The van der Waals surface area contributed by atoms with E-state index in [2.05, 4.69) is 0 Å². The maximum absolute atomic E-state index is 12.7. The number of carbonyl (C=O) groups is 2. The predicted octanol–water partition coefficient (Wildman–Crippen LogP) is 2.75. The number of hydrogen-bond acceptors (Lipinski definition) is 2. The Morgan fingerprint density at radius 1 is 0.625 bits per heavy atom. The number of hydrogen-bond donors (Lipinski definition) is 0. The molecule has 0 saturated heterocycles. The van der Waals surface area contributed by atoms with Gasteiger partial charge in [0, 0.05) is 21.7 Å². The van der Waals surface area contributed by atoms with E-state index in [0.717, 1.165) is 25.7 Å². The van der Waals surface area contributed by atoms with Crippen molar-refractivity contribution in [2.45, 2.75) is 53.4 Å². The summed E-state index contributed by atoms with van der Waals surface area (Å²) < 4.78 is 0. The lowest BCUT2D eigenvalue weighted by Crippen LogP contribution is -2.58. The van der Waals surface area contributed by atoms with Crippen molar-refractivity contribution >= 4 is 11.6 Å². The first kappa shape index (κ1) is 10.5. The molecule has 0 aromatic rings. The van der Waals surface area contributed by atoms with Crippen molar-refractivity contribution < 1.29 is 9.59 Å². The largest absolute Gasteiger partial charge is 0.298 e. The Morgan fingerprint density at radius 2 is 0.812 bits per heavy atom. The van der Waals surface area contributed by atoms with Crippen LogP contribution in [0, 0.1) is 21.7 Å². The Bertz CT molecular complexity index is 350.